The second kappa shape index (κ2) is 5.63. The molecule has 0 radical (unpaired) electrons. The topological polar surface area (TPSA) is 33.2 Å². The van der Waals surface area contributed by atoms with Crippen LogP contribution in [0.4, 0.5) is 0 Å². The molecule has 1 amide bonds. The summed E-state index contributed by atoms with van der Waals surface area (Å²) in [5, 5.41) is 0. The first kappa shape index (κ1) is 12.6. The van der Waals surface area contributed by atoms with E-state index in [1.54, 1.807) is 12.3 Å². The second-order valence-corrected chi connectivity index (χ2v) is 5.29. The molecule has 0 bridgehead atoms. The van der Waals surface area contributed by atoms with Crippen LogP contribution in [0, 0.1) is 5.92 Å². The largest absolute Gasteiger partial charge is 0.338 e. The van der Waals surface area contributed by atoms with E-state index in [0.29, 0.717) is 16.1 Å². The average Bonchev–Trinajstić information content (AvgIpc) is 2.78. The maximum Gasteiger partial charge on any atom is 0.256 e. The fourth-order valence-corrected chi connectivity index (χ4v) is 2.80. The predicted molar refractivity (Wildman–Crippen MR) is 70.9 cm³/mol. The molecule has 1 aliphatic heterocycles. The van der Waals surface area contributed by atoms with Crippen molar-refractivity contribution in [1.82, 2.24) is 9.88 Å². The molecule has 0 aliphatic carbocycles. The maximum atomic E-state index is 12.3. The summed E-state index contributed by atoms with van der Waals surface area (Å²) >= 11 is 3.33. The molecule has 1 aromatic rings. The van der Waals surface area contributed by atoms with Crippen LogP contribution in [0.25, 0.3) is 0 Å². The Balaban J connectivity index is 2.05. The first-order valence-electron chi connectivity index (χ1n) is 6.12. The van der Waals surface area contributed by atoms with Crippen LogP contribution in [-0.2, 0) is 0 Å². The standard InChI is InChI=1S/C13H17BrN2O/c1-2-4-10-6-8-16(9-10)13(17)11-5-3-7-15-12(11)14/h3,5,7,10H,2,4,6,8-9H2,1H3. The lowest BCUT2D eigenvalue weighted by atomic mass is 10.0. The maximum absolute atomic E-state index is 12.3. The van der Waals surface area contributed by atoms with E-state index in [4.69, 9.17) is 0 Å². The van der Waals surface area contributed by atoms with Crippen LogP contribution in [0.1, 0.15) is 36.5 Å². The van der Waals surface area contributed by atoms with E-state index in [-0.39, 0.29) is 5.91 Å². The predicted octanol–water partition coefficient (Wildman–Crippen LogP) is 3.11. The summed E-state index contributed by atoms with van der Waals surface area (Å²) in [5.41, 5.74) is 0.671. The van der Waals surface area contributed by atoms with Gasteiger partial charge >= 0.3 is 0 Å². The van der Waals surface area contributed by atoms with E-state index in [0.717, 1.165) is 19.5 Å². The van der Waals surface area contributed by atoms with Gasteiger partial charge in [0.1, 0.15) is 4.60 Å². The highest BCUT2D eigenvalue weighted by Gasteiger charge is 2.27. The van der Waals surface area contributed by atoms with Gasteiger partial charge in [0.05, 0.1) is 5.56 Å². The molecule has 1 saturated heterocycles. The van der Waals surface area contributed by atoms with Gasteiger partial charge in [0.2, 0.25) is 0 Å². The van der Waals surface area contributed by atoms with Crippen LogP contribution in [0.2, 0.25) is 0 Å². The number of hydrogen-bond donors (Lipinski definition) is 0. The van der Waals surface area contributed by atoms with Crippen molar-refractivity contribution in [3.63, 3.8) is 0 Å². The molecular formula is C13H17BrN2O. The van der Waals surface area contributed by atoms with E-state index >= 15 is 0 Å². The fraction of sp³-hybridized carbons (Fsp3) is 0.538. The Morgan fingerprint density at radius 3 is 3.18 bits per heavy atom. The van der Waals surface area contributed by atoms with Gasteiger partial charge in [0.25, 0.3) is 5.91 Å². The van der Waals surface area contributed by atoms with Gasteiger partial charge in [-0.2, -0.15) is 0 Å². The lowest BCUT2D eigenvalue weighted by molar-refractivity contribution is 0.0785. The molecule has 0 saturated carbocycles. The number of aromatic nitrogens is 1. The number of rotatable bonds is 3. The first-order valence-corrected chi connectivity index (χ1v) is 6.91. The molecular weight excluding hydrogens is 280 g/mol. The van der Waals surface area contributed by atoms with Crippen molar-refractivity contribution in [2.24, 2.45) is 5.92 Å². The van der Waals surface area contributed by atoms with Crippen molar-refractivity contribution in [1.29, 1.82) is 0 Å². The van der Waals surface area contributed by atoms with Crippen molar-refractivity contribution in [2.75, 3.05) is 13.1 Å². The van der Waals surface area contributed by atoms with Gasteiger partial charge in [-0.1, -0.05) is 13.3 Å². The molecule has 2 rings (SSSR count). The van der Waals surface area contributed by atoms with Gasteiger partial charge in [-0.15, -0.1) is 0 Å². The molecule has 0 spiro atoms. The van der Waals surface area contributed by atoms with Crippen molar-refractivity contribution in [3.05, 3.63) is 28.5 Å². The zero-order valence-corrected chi connectivity index (χ0v) is 11.6. The Bertz CT molecular complexity index is 408. The van der Waals surface area contributed by atoms with Crippen LogP contribution in [0.3, 0.4) is 0 Å². The van der Waals surface area contributed by atoms with Crippen LogP contribution in [0.15, 0.2) is 22.9 Å². The van der Waals surface area contributed by atoms with Gasteiger partial charge in [-0.05, 0) is 46.8 Å². The summed E-state index contributed by atoms with van der Waals surface area (Å²) in [7, 11) is 0. The van der Waals surface area contributed by atoms with E-state index in [2.05, 4.69) is 27.8 Å². The third-order valence-electron chi connectivity index (χ3n) is 3.26. The highest BCUT2D eigenvalue weighted by atomic mass is 79.9. The number of carbonyl (C=O) groups excluding carboxylic acids is 1. The minimum atomic E-state index is 0.101. The van der Waals surface area contributed by atoms with E-state index in [1.165, 1.54) is 12.8 Å². The number of amides is 1. The van der Waals surface area contributed by atoms with Crippen LogP contribution < -0.4 is 0 Å². The van der Waals surface area contributed by atoms with Crippen molar-refractivity contribution in [2.45, 2.75) is 26.2 Å². The minimum absolute atomic E-state index is 0.101. The first-order chi connectivity index (χ1) is 8.22. The molecule has 1 atom stereocenters. The zero-order chi connectivity index (χ0) is 12.3. The normalized spacial score (nSPS) is 19.6. The Labute approximate surface area is 110 Å². The van der Waals surface area contributed by atoms with Gasteiger partial charge < -0.3 is 4.90 Å². The molecule has 1 unspecified atom stereocenters. The highest BCUT2D eigenvalue weighted by Crippen LogP contribution is 2.24. The smallest absolute Gasteiger partial charge is 0.256 e. The monoisotopic (exact) mass is 296 g/mol. The molecule has 0 N–H and O–H groups in total. The van der Waals surface area contributed by atoms with Gasteiger partial charge in [-0.25, -0.2) is 4.98 Å². The Hall–Kier alpha value is -0.900. The molecule has 2 heterocycles. The number of halogens is 1. The molecule has 1 aromatic heterocycles. The van der Waals surface area contributed by atoms with Crippen LogP contribution >= 0.6 is 15.9 Å². The fourth-order valence-electron chi connectivity index (χ4n) is 2.38. The molecule has 0 aromatic carbocycles. The molecule has 1 aliphatic rings. The summed E-state index contributed by atoms with van der Waals surface area (Å²) < 4.78 is 0.643. The van der Waals surface area contributed by atoms with Crippen molar-refractivity contribution >= 4 is 21.8 Å². The molecule has 1 fully saturated rings. The molecule has 4 heteroatoms. The van der Waals surface area contributed by atoms with Crippen molar-refractivity contribution in [3.8, 4) is 0 Å². The number of pyridine rings is 1. The Kier molecular flexibility index (Phi) is 4.15. The lowest BCUT2D eigenvalue weighted by Crippen LogP contribution is -2.29. The molecule has 3 nitrogen and oxygen atoms in total. The highest BCUT2D eigenvalue weighted by molar-refractivity contribution is 9.10. The quantitative estimate of drug-likeness (QED) is 0.803. The van der Waals surface area contributed by atoms with E-state index in [9.17, 15) is 4.79 Å². The SMILES string of the molecule is CCCC1CCN(C(=O)c2cccnc2Br)C1. The van der Waals surface area contributed by atoms with Crippen LogP contribution in [-0.4, -0.2) is 28.9 Å². The Morgan fingerprint density at radius 2 is 2.47 bits per heavy atom. The summed E-state index contributed by atoms with van der Waals surface area (Å²) in [5.74, 6) is 0.781. The number of hydrogen-bond acceptors (Lipinski definition) is 2. The summed E-state index contributed by atoms with van der Waals surface area (Å²) in [6, 6.07) is 3.63. The number of nitrogens with zero attached hydrogens (tertiary/aromatic N) is 2. The zero-order valence-electron chi connectivity index (χ0n) is 10.0. The van der Waals surface area contributed by atoms with Crippen LogP contribution in [0.5, 0.6) is 0 Å². The summed E-state index contributed by atoms with van der Waals surface area (Å²) in [6.07, 6.45) is 5.24. The summed E-state index contributed by atoms with van der Waals surface area (Å²) in [6.45, 7) is 3.97. The van der Waals surface area contributed by atoms with E-state index in [1.807, 2.05) is 11.0 Å². The van der Waals surface area contributed by atoms with E-state index < -0.39 is 0 Å². The second-order valence-electron chi connectivity index (χ2n) is 4.54. The molecule has 92 valence electrons. The average molecular weight is 297 g/mol. The lowest BCUT2D eigenvalue weighted by Gasteiger charge is -2.16. The molecule has 17 heavy (non-hydrogen) atoms. The number of likely N-dealkylation sites (tertiary alicyclic amines) is 1. The summed E-state index contributed by atoms with van der Waals surface area (Å²) in [4.78, 5) is 18.3. The van der Waals surface area contributed by atoms with Gasteiger partial charge in [-0.3, -0.25) is 4.79 Å². The van der Waals surface area contributed by atoms with Crippen molar-refractivity contribution < 1.29 is 4.79 Å². The Morgan fingerprint density at radius 1 is 1.65 bits per heavy atom. The third-order valence-corrected chi connectivity index (χ3v) is 3.89. The third kappa shape index (κ3) is 2.86. The van der Waals surface area contributed by atoms with Gasteiger partial charge in [0, 0.05) is 19.3 Å². The number of carbonyl (C=O) groups is 1. The van der Waals surface area contributed by atoms with Gasteiger partial charge in [0.15, 0.2) is 0 Å². The minimum Gasteiger partial charge on any atom is -0.338 e.